The van der Waals surface area contributed by atoms with E-state index < -0.39 is 0 Å². The van der Waals surface area contributed by atoms with E-state index in [1.807, 2.05) is 12.1 Å². The van der Waals surface area contributed by atoms with Gasteiger partial charge in [-0.05, 0) is 32.0 Å². The summed E-state index contributed by atoms with van der Waals surface area (Å²) in [6.07, 6.45) is 5.15. The van der Waals surface area contributed by atoms with Gasteiger partial charge < -0.3 is 15.2 Å². The topological polar surface area (TPSA) is 47.7 Å². The molecule has 1 aliphatic rings. The Morgan fingerprint density at radius 3 is 2.35 bits per heavy atom. The number of ether oxygens (including phenoxy) is 2. The lowest BCUT2D eigenvalue weighted by molar-refractivity contribution is 0.204. The lowest BCUT2D eigenvalue weighted by Crippen LogP contribution is -2.34. The molecule has 1 unspecified atom stereocenters. The van der Waals surface area contributed by atoms with E-state index in [2.05, 4.69) is 11.0 Å². The molecule has 1 heterocycles. The van der Waals surface area contributed by atoms with Gasteiger partial charge in [0, 0.05) is 12.1 Å². The minimum atomic E-state index is 0.207. The van der Waals surface area contributed by atoms with Gasteiger partial charge in [0.1, 0.15) is 0 Å². The quantitative estimate of drug-likeness (QED) is 0.899. The van der Waals surface area contributed by atoms with Gasteiger partial charge in [-0.15, -0.1) is 0 Å². The summed E-state index contributed by atoms with van der Waals surface area (Å²) in [5.41, 5.74) is 7.20. The van der Waals surface area contributed by atoms with Crippen molar-refractivity contribution in [1.82, 2.24) is 4.90 Å². The van der Waals surface area contributed by atoms with Crippen LogP contribution >= 0.6 is 0 Å². The molecule has 1 atom stereocenters. The van der Waals surface area contributed by atoms with E-state index in [9.17, 15) is 0 Å². The molecule has 20 heavy (non-hydrogen) atoms. The number of nitrogens with zero attached hydrogens (tertiary/aromatic N) is 1. The average molecular weight is 278 g/mol. The molecule has 0 bridgehead atoms. The number of nitrogens with two attached hydrogens (primary N) is 1. The highest BCUT2D eigenvalue weighted by molar-refractivity contribution is 5.48. The maximum Gasteiger partial charge on any atom is 0.165 e. The van der Waals surface area contributed by atoms with Crippen molar-refractivity contribution in [2.45, 2.75) is 31.7 Å². The van der Waals surface area contributed by atoms with Crippen LogP contribution in [0.3, 0.4) is 0 Å². The third-order valence-corrected chi connectivity index (χ3v) is 4.10. The maximum absolute atomic E-state index is 6.06. The van der Waals surface area contributed by atoms with E-state index in [0.29, 0.717) is 6.54 Å². The Morgan fingerprint density at radius 2 is 1.80 bits per heavy atom. The van der Waals surface area contributed by atoms with Crippen molar-refractivity contribution in [3.8, 4) is 11.5 Å². The second-order valence-corrected chi connectivity index (χ2v) is 5.28. The van der Waals surface area contributed by atoms with Crippen LogP contribution in [0.1, 0.15) is 37.3 Å². The van der Waals surface area contributed by atoms with Crippen molar-refractivity contribution in [2.24, 2.45) is 5.73 Å². The van der Waals surface area contributed by atoms with E-state index in [0.717, 1.165) is 30.2 Å². The zero-order chi connectivity index (χ0) is 14.4. The summed E-state index contributed by atoms with van der Waals surface area (Å²) < 4.78 is 11.0. The van der Waals surface area contributed by atoms with Gasteiger partial charge in [-0.3, -0.25) is 4.90 Å². The smallest absolute Gasteiger partial charge is 0.165 e. The van der Waals surface area contributed by atoms with Gasteiger partial charge in [-0.25, -0.2) is 0 Å². The first-order chi connectivity index (χ1) is 9.81. The highest BCUT2D eigenvalue weighted by Crippen LogP contribution is 2.37. The Hall–Kier alpha value is -1.26. The van der Waals surface area contributed by atoms with Gasteiger partial charge in [-0.1, -0.05) is 25.0 Å². The van der Waals surface area contributed by atoms with E-state index in [4.69, 9.17) is 15.2 Å². The minimum Gasteiger partial charge on any atom is -0.493 e. The fourth-order valence-electron chi connectivity index (χ4n) is 3.05. The summed E-state index contributed by atoms with van der Waals surface area (Å²) in [5.74, 6) is 1.59. The maximum atomic E-state index is 6.06. The van der Waals surface area contributed by atoms with Crippen LogP contribution < -0.4 is 15.2 Å². The van der Waals surface area contributed by atoms with Crippen LogP contribution in [-0.2, 0) is 0 Å². The lowest BCUT2D eigenvalue weighted by atomic mass is 10.0. The van der Waals surface area contributed by atoms with Crippen molar-refractivity contribution in [3.05, 3.63) is 23.8 Å². The molecule has 0 radical (unpaired) electrons. The first-order valence-corrected chi connectivity index (χ1v) is 7.46. The molecular weight excluding hydrogens is 252 g/mol. The fraction of sp³-hybridized carbons (Fsp3) is 0.625. The number of methoxy groups -OCH3 is 2. The molecule has 1 aromatic rings. The van der Waals surface area contributed by atoms with Crippen LogP contribution in [-0.4, -0.2) is 38.8 Å². The van der Waals surface area contributed by atoms with Crippen molar-refractivity contribution >= 4 is 0 Å². The molecule has 1 fully saturated rings. The van der Waals surface area contributed by atoms with E-state index >= 15 is 0 Å². The summed E-state index contributed by atoms with van der Waals surface area (Å²) in [6.45, 7) is 2.83. The minimum absolute atomic E-state index is 0.207. The highest BCUT2D eigenvalue weighted by Gasteiger charge is 2.24. The number of likely N-dealkylation sites (tertiary alicyclic amines) is 1. The molecular formula is C16H26N2O2. The molecule has 0 amide bonds. The van der Waals surface area contributed by atoms with Crippen LogP contribution in [0, 0.1) is 0 Å². The predicted octanol–water partition coefficient (Wildman–Crippen LogP) is 2.58. The molecule has 4 heteroatoms. The zero-order valence-electron chi connectivity index (χ0n) is 12.6. The molecule has 0 aliphatic carbocycles. The van der Waals surface area contributed by atoms with Gasteiger partial charge in [-0.2, -0.15) is 0 Å². The van der Waals surface area contributed by atoms with Crippen molar-refractivity contribution in [1.29, 1.82) is 0 Å². The Labute approximate surface area is 121 Å². The fourth-order valence-corrected chi connectivity index (χ4v) is 3.05. The van der Waals surface area contributed by atoms with E-state index in [1.54, 1.807) is 14.2 Å². The zero-order valence-corrected chi connectivity index (χ0v) is 12.6. The third kappa shape index (κ3) is 3.25. The summed E-state index contributed by atoms with van der Waals surface area (Å²) in [4.78, 5) is 2.49. The highest BCUT2D eigenvalue weighted by atomic mass is 16.5. The van der Waals surface area contributed by atoms with Gasteiger partial charge in [0.2, 0.25) is 0 Å². The number of hydrogen-bond donors (Lipinski definition) is 1. The molecule has 1 saturated heterocycles. The Balaban J connectivity index is 2.30. The van der Waals surface area contributed by atoms with Gasteiger partial charge in [0.15, 0.2) is 11.5 Å². The summed E-state index contributed by atoms with van der Waals surface area (Å²) in [6, 6.07) is 6.25. The summed E-state index contributed by atoms with van der Waals surface area (Å²) in [5, 5.41) is 0. The van der Waals surface area contributed by atoms with Gasteiger partial charge in [0.05, 0.1) is 20.3 Å². The molecule has 2 rings (SSSR count). The molecule has 1 aromatic carbocycles. The standard InChI is InChI=1S/C16H26N2O2/c1-19-15-9-7-8-13(16(15)20-2)14(12-17)18-10-5-3-4-6-11-18/h7-9,14H,3-6,10-12,17H2,1-2H3. The lowest BCUT2D eigenvalue weighted by Gasteiger charge is -2.31. The Morgan fingerprint density at radius 1 is 1.10 bits per heavy atom. The number of benzene rings is 1. The Kier molecular flexibility index (Phi) is 5.68. The SMILES string of the molecule is COc1cccc(C(CN)N2CCCCCC2)c1OC. The van der Waals surface area contributed by atoms with Crippen molar-refractivity contribution < 1.29 is 9.47 Å². The molecule has 2 N–H and O–H groups in total. The molecule has 112 valence electrons. The van der Waals surface area contributed by atoms with Crippen LogP contribution in [0.4, 0.5) is 0 Å². The number of hydrogen-bond acceptors (Lipinski definition) is 4. The number of para-hydroxylation sites is 1. The molecule has 0 spiro atoms. The largest absolute Gasteiger partial charge is 0.493 e. The van der Waals surface area contributed by atoms with Crippen LogP contribution in [0.5, 0.6) is 11.5 Å². The third-order valence-electron chi connectivity index (χ3n) is 4.10. The monoisotopic (exact) mass is 278 g/mol. The van der Waals surface area contributed by atoms with Gasteiger partial charge in [0.25, 0.3) is 0 Å². The Bertz CT molecular complexity index is 415. The predicted molar refractivity (Wildman–Crippen MR) is 81.4 cm³/mol. The molecule has 1 aliphatic heterocycles. The molecule has 0 saturated carbocycles. The molecule has 0 aromatic heterocycles. The first-order valence-electron chi connectivity index (χ1n) is 7.46. The van der Waals surface area contributed by atoms with E-state index in [1.165, 1.54) is 25.7 Å². The van der Waals surface area contributed by atoms with Crippen LogP contribution in [0.15, 0.2) is 18.2 Å². The summed E-state index contributed by atoms with van der Waals surface area (Å²) >= 11 is 0. The second kappa shape index (κ2) is 7.50. The second-order valence-electron chi connectivity index (χ2n) is 5.28. The van der Waals surface area contributed by atoms with Crippen molar-refractivity contribution in [2.75, 3.05) is 33.9 Å². The molecule has 4 nitrogen and oxygen atoms in total. The summed E-state index contributed by atoms with van der Waals surface area (Å²) in [7, 11) is 3.36. The van der Waals surface area contributed by atoms with E-state index in [-0.39, 0.29) is 6.04 Å². The van der Waals surface area contributed by atoms with Crippen LogP contribution in [0.2, 0.25) is 0 Å². The van der Waals surface area contributed by atoms with Crippen LogP contribution in [0.25, 0.3) is 0 Å². The van der Waals surface area contributed by atoms with Crippen molar-refractivity contribution in [3.63, 3.8) is 0 Å². The first kappa shape index (κ1) is 15.1. The number of rotatable bonds is 5. The normalized spacial score (nSPS) is 18.4. The van der Waals surface area contributed by atoms with Gasteiger partial charge >= 0.3 is 0 Å². The average Bonchev–Trinajstić information content (AvgIpc) is 2.77.